The fourth-order valence-corrected chi connectivity index (χ4v) is 7.19. The van der Waals surface area contributed by atoms with E-state index in [-0.39, 0.29) is 18.4 Å². The molecule has 2 saturated heterocycles. The molecule has 0 spiro atoms. The lowest BCUT2D eigenvalue weighted by Gasteiger charge is -2.43. The number of anilines is 2. The third-order valence-corrected chi connectivity index (χ3v) is 9.44. The van der Waals surface area contributed by atoms with Crippen molar-refractivity contribution in [2.45, 2.75) is 69.5 Å². The van der Waals surface area contributed by atoms with Crippen LogP contribution in [0.5, 0.6) is 6.01 Å². The molecule has 1 amide bonds. The van der Waals surface area contributed by atoms with Gasteiger partial charge in [-0.15, -0.1) is 0 Å². The summed E-state index contributed by atoms with van der Waals surface area (Å²) >= 11 is 0. The Morgan fingerprint density at radius 3 is 2.80 bits per heavy atom. The Balaban J connectivity index is 1.29. The predicted molar refractivity (Wildman–Crippen MR) is 159 cm³/mol. The molecule has 3 aliphatic heterocycles. The molecule has 1 aliphatic carbocycles. The molecule has 0 radical (unpaired) electrons. The van der Waals surface area contributed by atoms with Crippen LogP contribution in [0.25, 0.3) is 0 Å². The molecule has 1 aromatic carbocycles. The number of hydrogen-bond donors (Lipinski definition) is 0. The van der Waals surface area contributed by atoms with Crippen LogP contribution in [0.3, 0.4) is 0 Å². The van der Waals surface area contributed by atoms with Crippen LogP contribution in [0.1, 0.15) is 48.9 Å². The lowest BCUT2D eigenvalue weighted by Crippen LogP contribution is -2.55. The molecule has 3 unspecified atom stereocenters. The second kappa shape index (κ2) is 12.1. The number of carbonyl (C=O) groups is 1. The SMILES string of the molecule is C=CC(=O)N1CCN(c2nc(OCC3CCCN3C)nc3c2CCC(N2CCCc4ccccc42)C3)CC1CC#N. The van der Waals surface area contributed by atoms with Gasteiger partial charge in [-0.25, -0.2) is 0 Å². The van der Waals surface area contributed by atoms with Crippen molar-refractivity contribution in [2.24, 2.45) is 0 Å². The number of amides is 1. The van der Waals surface area contributed by atoms with Crippen molar-refractivity contribution in [1.82, 2.24) is 19.8 Å². The number of hydrogen-bond acceptors (Lipinski definition) is 8. The monoisotopic (exact) mass is 555 g/mol. The Morgan fingerprint density at radius 2 is 2.00 bits per heavy atom. The van der Waals surface area contributed by atoms with E-state index in [1.807, 2.05) is 0 Å². The zero-order chi connectivity index (χ0) is 28.3. The molecule has 4 aliphatic rings. The molecule has 0 bridgehead atoms. The Bertz CT molecular complexity index is 1320. The number of carbonyl (C=O) groups excluding carboxylic acids is 1. The smallest absolute Gasteiger partial charge is 0.318 e. The molecule has 41 heavy (non-hydrogen) atoms. The van der Waals surface area contributed by atoms with E-state index in [0.717, 1.165) is 56.7 Å². The molecule has 216 valence electrons. The first kappa shape index (κ1) is 27.5. The minimum atomic E-state index is -0.206. The molecule has 2 fully saturated rings. The molecular weight excluding hydrogens is 514 g/mol. The van der Waals surface area contributed by atoms with Crippen LogP contribution >= 0.6 is 0 Å². The number of nitrogens with zero attached hydrogens (tertiary/aromatic N) is 7. The van der Waals surface area contributed by atoms with Crippen molar-refractivity contribution >= 4 is 17.4 Å². The molecule has 9 heteroatoms. The summed E-state index contributed by atoms with van der Waals surface area (Å²) in [4.78, 5) is 31.5. The van der Waals surface area contributed by atoms with Crippen molar-refractivity contribution in [3.63, 3.8) is 0 Å². The van der Waals surface area contributed by atoms with E-state index in [9.17, 15) is 10.1 Å². The first-order valence-corrected chi connectivity index (χ1v) is 15.2. The summed E-state index contributed by atoms with van der Waals surface area (Å²) in [6.45, 7) is 8.15. The fraction of sp³-hybridized carbons (Fsp3) is 0.562. The van der Waals surface area contributed by atoms with Gasteiger partial charge in [0.1, 0.15) is 12.4 Å². The minimum absolute atomic E-state index is 0.121. The van der Waals surface area contributed by atoms with Crippen molar-refractivity contribution < 1.29 is 9.53 Å². The first-order chi connectivity index (χ1) is 20.1. The summed E-state index contributed by atoms with van der Waals surface area (Å²) in [5, 5.41) is 9.52. The minimum Gasteiger partial charge on any atom is -0.462 e. The molecule has 4 heterocycles. The van der Waals surface area contributed by atoms with E-state index in [1.54, 1.807) is 4.90 Å². The van der Waals surface area contributed by atoms with Crippen LogP contribution < -0.4 is 14.5 Å². The van der Waals surface area contributed by atoms with Crippen molar-refractivity contribution in [3.05, 3.63) is 53.7 Å². The largest absolute Gasteiger partial charge is 0.462 e. The topological polar surface area (TPSA) is 88.8 Å². The predicted octanol–water partition coefficient (Wildman–Crippen LogP) is 3.38. The van der Waals surface area contributed by atoms with E-state index in [4.69, 9.17) is 14.7 Å². The number of aryl methyl sites for hydroxylation is 1. The number of piperazine rings is 1. The maximum atomic E-state index is 12.5. The maximum Gasteiger partial charge on any atom is 0.318 e. The number of nitriles is 1. The van der Waals surface area contributed by atoms with Crippen molar-refractivity contribution in [2.75, 3.05) is 56.2 Å². The third kappa shape index (κ3) is 5.62. The van der Waals surface area contributed by atoms with Gasteiger partial charge < -0.3 is 24.3 Å². The summed E-state index contributed by atoms with van der Waals surface area (Å²) in [6.07, 6.45) is 9.04. The average molecular weight is 556 g/mol. The van der Waals surface area contributed by atoms with Gasteiger partial charge in [0.15, 0.2) is 0 Å². The van der Waals surface area contributed by atoms with Gasteiger partial charge >= 0.3 is 6.01 Å². The summed E-state index contributed by atoms with van der Waals surface area (Å²) in [7, 11) is 2.15. The highest BCUT2D eigenvalue weighted by Crippen LogP contribution is 2.37. The summed E-state index contributed by atoms with van der Waals surface area (Å²) in [5.74, 6) is 0.792. The van der Waals surface area contributed by atoms with Crippen LogP contribution in [0.15, 0.2) is 36.9 Å². The van der Waals surface area contributed by atoms with Crippen LogP contribution in [-0.2, 0) is 24.1 Å². The van der Waals surface area contributed by atoms with Gasteiger partial charge in [0.2, 0.25) is 5.91 Å². The number of ether oxygens (including phenoxy) is 1. The second-order valence-corrected chi connectivity index (χ2v) is 11.9. The quantitative estimate of drug-likeness (QED) is 0.481. The highest BCUT2D eigenvalue weighted by Gasteiger charge is 2.35. The number of benzene rings is 1. The lowest BCUT2D eigenvalue weighted by atomic mass is 9.88. The first-order valence-electron chi connectivity index (χ1n) is 15.2. The summed E-state index contributed by atoms with van der Waals surface area (Å²) in [6, 6.07) is 12.1. The van der Waals surface area contributed by atoms with Gasteiger partial charge in [0.05, 0.1) is 24.2 Å². The van der Waals surface area contributed by atoms with E-state index in [1.165, 1.54) is 35.7 Å². The van der Waals surface area contributed by atoms with Gasteiger partial charge in [-0.1, -0.05) is 24.8 Å². The Morgan fingerprint density at radius 1 is 1.12 bits per heavy atom. The Hall–Kier alpha value is -3.64. The molecular formula is C32H41N7O2. The van der Waals surface area contributed by atoms with Crippen molar-refractivity contribution in [3.8, 4) is 12.1 Å². The van der Waals surface area contributed by atoms with Gasteiger partial charge in [-0.3, -0.25) is 4.79 Å². The van der Waals surface area contributed by atoms with Gasteiger partial charge in [0.25, 0.3) is 0 Å². The van der Waals surface area contributed by atoms with E-state index < -0.39 is 0 Å². The number of likely N-dealkylation sites (tertiary alicyclic amines) is 1. The van der Waals surface area contributed by atoms with Crippen LogP contribution in [0.4, 0.5) is 11.5 Å². The van der Waals surface area contributed by atoms with E-state index in [2.05, 4.69) is 58.7 Å². The van der Waals surface area contributed by atoms with Crippen LogP contribution in [-0.4, -0.2) is 90.2 Å². The van der Waals surface area contributed by atoms with Crippen molar-refractivity contribution in [1.29, 1.82) is 5.26 Å². The normalized spacial score (nSPS) is 24.4. The zero-order valence-electron chi connectivity index (χ0n) is 24.2. The molecule has 2 aromatic rings. The number of fused-ring (bicyclic) bond motifs is 2. The van der Waals surface area contributed by atoms with E-state index in [0.29, 0.717) is 44.3 Å². The highest BCUT2D eigenvalue weighted by molar-refractivity contribution is 5.87. The summed E-state index contributed by atoms with van der Waals surface area (Å²) in [5.41, 5.74) is 5.07. The van der Waals surface area contributed by atoms with Crippen LogP contribution in [0.2, 0.25) is 0 Å². The number of likely N-dealkylation sites (N-methyl/N-ethyl adjacent to an activating group) is 1. The molecule has 1 aromatic heterocycles. The Kier molecular flexibility index (Phi) is 8.11. The molecule has 0 N–H and O–H groups in total. The molecule has 9 nitrogen and oxygen atoms in total. The average Bonchev–Trinajstić information content (AvgIpc) is 3.43. The van der Waals surface area contributed by atoms with Gasteiger partial charge in [0, 0.05) is 55.9 Å². The number of rotatable bonds is 7. The fourth-order valence-electron chi connectivity index (χ4n) is 7.19. The molecule has 3 atom stereocenters. The highest BCUT2D eigenvalue weighted by atomic mass is 16.5. The standard InChI is InChI=1S/C32H41N7O2/c1-3-30(40)39-19-18-37(21-25(39)14-15-33)31-27-13-12-24(38-17-6-9-23-8-4-5-11-29(23)38)20-28(27)34-32(35-31)41-22-26-10-7-16-36(26)2/h3-5,8,11,24-26H,1,6-7,9-10,12-14,16-22H2,2H3. The van der Waals surface area contributed by atoms with Gasteiger partial charge in [-0.2, -0.15) is 15.2 Å². The molecule has 0 saturated carbocycles. The molecule has 6 rings (SSSR count). The lowest BCUT2D eigenvalue weighted by molar-refractivity contribution is -0.128. The Labute approximate surface area is 243 Å². The summed E-state index contributed by atoms with van der Waals surface area (Å²) < 4.78 is 6.31. The number of aromatic nitrogens is 2. The van der Waals surface area contributed by atoms with E-state index >= 15 is 0 Å². The number of para-hydroxylation sites is 1. The van der Waals surface area contributed by atoms with Gasteiger partial charge in [-0.05, 0) is 69.8 Å². The maximum absolute atomic E-state index is 12.5. The second-order valence-electron chi connectivity index (χ2n) is 11.9. The third-order valence-electron chi connectivity index (χ3n) is 9.44. The zero-order valence-corrected chi connectivity index (χ0v) is 24.2. The van der Waals surface area contributed by atoms with Crippen LogP contribution in [0, 0.1) is 11.3 Å².